The van der Waals surface area contributed by atoms with E-state index in [1.54, 1.807) is 45.3 Å². The highest BCUT2D eigenvalue weighted by Crippen LogP contribution is 2.28. The second-order valence-electron chi connectivity index (χ2n) is 11.4. The first-order chi connectivity index (χ1) is 22.0. The zero-order valence-corrected chi connectivity index (χ0v) is 27.6. The molecule has 0 unspecified atom stereocenters. The number of Topliss-reactive ketones (excluding diaryl/α,β-unsaturated/α-hetero) is 1. The van der Waals surface area contributed by atoms with Crippen LogP contribution in [0.4, 0.5) is 11.8 Å². The van der Waals surface area contributed by atoms with Crippen LogP contribution < -0.4 is 11.5 Å². The van der Waals surface area contributed by atoms with E-state index >= 15 is 0 Å². The molecule has 4 rings (SSSR count). The lowest BCUT2D eigenvalue weighted by Gasteiger charge is -2.23. The number of aryl methyl sites for hydroxylation is 2. The van der Waals surface area contributed by atoms with E-state index in [1.165, 1.54) is 21.6 Å². The molecule has 4 N–H and O–H groups in total. The van der Waals surface area contributed by atoms with Crippen LogP contribution in [0.2, 0.25) is 0 Å². The monoisotopic (exact) mass is 663 g/mol. The molecule has 0 saturated heterocycles. The molecule has 0 saturated carbocycles. The van der Waals surface area contributed by atoms with Gasteiger partial charge in [-0.1, -0.05) is 41.1 Å². The zero-order chi connectivity index (χ0) is 33.1. The third kappa shape index (κ3) is 10.9. The summed E-state index contributed by atoms with van der Waals surface area (Å²) in [4.78, 5) is 59.7. The fraction of sp³-hybridized carbons (Fsp3) is 0.375. The number of nitrogens with zero attached hydrogens (tertiary/aromatic N) is 5. The molecule has 14 heteroatoms. The number of nitrogen functional groups attached to an aromatic ring is 2. The molecule has 242 valence electrons. The zero-order valence-electron chi connectivity index (χ0n) is 26.0. The highest BCUT2D eigenvalue weighted by molar-refractivity contribution is 8.76. The normalized spacial score (nSPS) is 12.1. The number of ketones is 1. The maximum atomic E-state index is 13.2. The number of hydrogen-bond acceptors (Lipinski definition) is 14. The number of carbonyl (C=O) groups excluding carboxylic acids is 3. The summed E-state index contributed by atoms with van der Waals surface area (Å²) in [5.41, 5.74) is 13.7. The minimum atomic E-state index is -0.786. The summed E-state index contributed by atoms with van der Waals surface area (Å²) in [6.45, 7) is 5.52. The number of rotatable bonds is 15. The van der Waals surface area contributed by atoms with Crippen molar-refractivity contribution in [1.29, 1.82) is 0 Å². The first-order valence-electron chi connectivity index (χ1n) is 14.7. The van der Waals surface area contributed by atoms with E-state index in [1.807, 2.05) is 30.3 Å². The van der Waals surface area contributed by atoms with Gasteiger partial charge in [0.15, 0.2) is 22.8 Å². The average Bonchev–Trinajstić information content (AvgIpc) is 3.01. The summed E-state index contributed by atoms with van der Waals surface area (Å²) in [5, 5.41) is 0.877. The van der Waals surface area contributed by atoms with E-state index in [-0.39, 0.29) is 43.4 Å². The number of ether oxygens (including phenoxy) is 2. The third-order valence-corrected chi connectivity index (χ3v) is 8.76. The van der Waals surface area contributed by atoms with Gasteiger partial charge in [0.05, 0.1) is 17.8 Å². The Labute approximate surface area is 275 Å². The SMILES string of the molecule is CC(C)(C)OC(=O)[C@H](CCC(=O)OCCSSc1ccccn1)CC(=O)c1ccc(CCc2cnc3nc(N)nc(N)c3n2)cc1. The highest BCUT2D eigenvalue weighted by Gasteiger charge is 2.28. The van der Waals surface area contributed by atoms with Gasteiger partial charge in [-0.2, -0.15) is 9.97 Å². The molecule has 3 aromatic heterocycles. The molecule has 1 atom stereocenters. The minimum absolute atomic E-state index is 0.00297. The van der Waals surface area contributed by atoms with Crippen molar-refractivity contribution in [3.8, 4) is 0 Å². The Morgan fingerprint density at radius 3 is 2.46 bits per heavy atom. The molecule has 0 aliphatic rings. The number of esters is 2. The summed E-state index contributed by atoms with van der Waals surface area (Å²) in [6.07, 6.45) is 4.63. The van der Waals surface area contributed by atoms with Crippen LogP contribution in [0.5, 0.6) is 0 Å². The van der Waals surface area contributed by atoms with E-state index in [9.17, 15) is 14.4 Å². The molecule has 0 spiro atoms. The molecule has 0 aliphatic heterocycles. The van der Waals surface area contributed by atoms with Crippen molar-refractivity contribution in [3.05, 3.63) is 71.7 Å². The van der Waals surface area contributed by atoms with Crippen LogP contribution in [0.25, 0.3) is 11.2 Å². The maximum Gasteiger partial charge on any atom is 0.309 e. The molecular formula is C32H37N7O5S2. The molecule has 0 radical (unpaired) electrons. The molecule has 3 heterocycles. The Hall–Kier alpha value is -4.30. The van der Waals surface area contributed by atoms with Crippen molar-refractivity contribution in [2.24, 2.45) is 5.92 Å². The number of aromatic nitrogens is 5. The van der Waals surface area contributed by atoms with Crippen LogP contribution in [0.15, 0.2) is 59.9 Å². The average molecular weight is 664 g/mol. The first-order valence-corrected chi connectivity index (χ1v) is 17.0. The summed E-state index contributed by atoms with van der Waals surface area (Å²) >= 11 is 0. The lowest BCUT2D eigenvalue weighted by molar-refractivity contribution is -0.160. The van der Waals surface area contributed by atoms with Gasteiger partial charge in [0.2, 0.25) is 5.95 Å². The second kappa shape index (κ2) is 16.3. The quantitative estimate of drug-likeness (QED) is 0.0744. The van der Waals surface area contributed by atoms with E-state index in [0.717, 1.165) is 10.6 Å². The smallest absolute Gasteiger partial charge is 0.309 e. The van der Waals surface area contributed by atoms with E-state index < -0.39 is 23.5 Å². The summed E-state index contributed by atoms with van der Waals surface area (Å²) < 4.78 is 10.9. The summed E-state index contributed by atoms with van der Waals surface area (Å²) in [5.74, 6) is -1.14. The summed E-state index contributed by atoms with van der Waals surface area (Å²) in [7, 11) is 3.04. The molecule has 0 amide bonds. The third-order valence-electron chi connectivity index (χ3n) is 6.53. The molecule has 0 bridgehead atoms. The van der Waals surface area contributed by atoms with Gasteiger partial charge in [-0.3, -0.25) is 14.4 Å². The van der Waals surface area contributed by atoms with Crippen molar-refractivity contribution >= 4 is 62.2 Å². The van der Waals surface area contributed by atoms with Gasteiger partial charge in [0.25, 0.3) is 0 Å². The van der Waals surface area contributed by atoms with Crippen LogP contribution >= 0.6 is 21.6 Å². The predicted molar refractivity (Wildman–Crippen MR) is 179 cm³/mol. The molecule has 0 aliphatic carbocycles. The number of fused-ring (bicyclic) bond motifs is 1. The molecule has 0 fully saturated rings. The van der Waals surface area contributed by atoms with Gasteiger partial charge in [-0.15, -0.1) is 0 Å². The standard InChI is InChI=1S/C32H37N7O5S2/c1-32(2,3)44-30(42)22(12-14-26(41)43-16-17-45-46-25-6-4-5-15-35-25)18-24(40)21-10-7-20(8-11-21)9-13-23-19-36-29-27(37-23)28(33)38-31(34)39-29/h4-8,10-11,15,19,22H,9,12-14,16-18H2,1-3H3,(H4,33,34,36,38,39)/t22-/m1/s1. The fourth-order valence-corrected chi connectivity index (χ4v) is 6.02. The number of hydrogen-bond donors (Lipinski definition) is 2. The van der Waals surface area contributed by atoms with Crippen LogP contribution in [0.1, 0.15) is 61.6 Å². The number of anilines is 2. The Morgan fingerprint density at radius 1 is 0.957 bits per heavy atom. The van der Waals surface area contributed by atoms with E-state index in [0.29, 0.717) is 41.0 Å². The molecular weight excluding hydrogens is 627 g/mol. The van der Waals surface area contributed by atoms with Gasteiger partial charge in [-0.05, 0) is 68.5 Å². The molecule has 46 heavy (non-hydrogen) atoms. The van der Waals surface area contributed by atoms with Gasteiger partial charge in [-0.25, -0.2) is 15.0 Å². The van der Waals surface area contributed by atoms with Crippen LogP contribution in [0.3, 0.4) is 0 Å². The Morgan fingerprint density at radius 2 is 1.74 bits per heavy atom. The van der Waals surface area contributed by atoms with Crippen molar-refractivity contribution in [1.82, 2.24) is 24.9 Å². The lowest BCUT2D eigenvalue weighted by Crippen LogP contribution is -2.30. The Balaban J connectivity index is 1.28. The van der Waals surface area contributed by atoms with Crippen molar-refractivity contribution in [2.45, 2.75) is 63.5 Å². The molecule has 12 nitrogen and oxygen atoms in total. The second-order valence-corrected chi connectivity index (χ2v) is 13.8. The molecule has 4 aromatic rings. The van der Waals surface area contributed by atoms with Crippen LogP contribution in [0, 0.1) is 5.92 Å². The van der Waals surface area contributed by atoms with Gasteiger partial charge in [0, 0.05) is 30.4 Å². The number of benzene rings is 1. The van der Waals surface area contributed by atoms with Crippen LogP contribution in [-0.4, -0.2) is 60.6 Å². The predicted octanol–water partition coefficient (Wildman–Crippen LogP) is 5.06. The highest BCUT2D eigenvalue weighted by atomic mass is 33.1. The topological polar surface area (TPSA) is 186 Å². The summed E-state index contributed by atoms with van der Waals surface area (Å²) in [6, 6.07) is 12.9. The maximum absolute atomic E-state index is 13.2. The van der Waals surface area contributed by atoms with E-state index in [2.05, 4.69) is 24.9 Å². The Bertz CT molecular complexity index is 1650. The molecule has 1 aromatic carbocycles. The Kier molecular flexibility index (Phi) is 12.3. The van der Waals surface area contributed by atoms with Gasteiger partial charge < -0.3 is 20.9 Å². The van der Waals surface area contributed by atoms with Crippen molar-refractivity contribution in [3.63, 3.8) is 0 Å². The number of pyridine rings is 1. The minimum Gasteiger partial charge on any atom is -0.465 e. The van der Waals surface area contributed by atoms with Crippen molar-refractivity contribution < 1.29 is 23.9 Å². The van der Waals surface area contributed by atoms with Crippen molar-refractivity contribution in [2.75, 3.05) is 23.8 Å². The van der Waals surface area contributed by atoms with Gasteiger partial charge in [0.1, 0.15) is 17.2 Å². The largest absolute Gasteiger partial charge is 0.465 e. The fourth-order valence-electron chi connectivity index (χ4n) is 4.32. The number of carbonyl (C=O) groups is 3. The number of nitrogens with two attached hydrogens (primary N) is 2. The van der Waals surface area contributed by atoms with Gasteiger partial charge >= 0.3 is 11.9 Å². The first kappa shape index (κ1) is 34.6. The van der Waals surface area contributed by atoms with E-state index in [4.69, 9.17) is 20.9 Å². The van der Waals surface area contributed by atoms with Crippen LogP contribution in [-0.2, 0) is 31.9 Å². The lowest BCUT2D eigenvalue weighted by atomic mass is 9.93.